The van der Waals surface area contributed by atoms with E-state index in [4.69, 9.17) is 0 Å². The number of aromatic hydroxyl groups is 1. The molecule has 6 heteroatoms. The molecule has 0 unspecified atom stereocenters. The molecular weight excluding hydrogens is 211 g/mol. The fourth-order valence-electron chi connectivity index (χ4n) is 1.01. The summed E-state index contributed by atoms with van der Waals surface area (Å²) < 4.78 is 40.7. The number of benzene rings is 1. The van der Waals surface area contributed by atoms with Crippen LogP contribution in [0.2, 0.25) is 0 Å². The maximum Gasteiger partial charge on any atom is 0.387 e. The fourth-order valence-corrected chi connectivity index (χ4v) is 1.01. The average Bonchev–Trinajstić information content (AvgIpc) is 2.10. The topological polar surface area (TPSA) is 41.8 Å². The summed E-state index contributed by atoms with van der Waals surface area (Å²) in [5.74, 6) is -1.82. The summed E-state index contributed by atoms with van der Waals surface area (Å²) in [7, 11) is 1.39. The Morgan fingerprint density at radius 1 is 1.47 bits per heavy atom. The molecule has 0 aliphatic carbocycles. The fraction of sp³-hybridized carbons (Fsp3) is 0.222. The molecule has 0 saturated heterocycles. The minimum atomic E-state index is -3.06. The number of rotatable bonds is 3. The molecule has 1 aromatic carbocycles. The zero-order valence-corrected chi connectivity index (χ0v) is 7.75. The number of nitrogens with zero attached hydrogens (tertiary/aromatic N) is 1. The van der Waals surface area contributed by atoms with E-state index in [1.807, 2.05) is 0 Å². The van der Waals surface area contributed by atoms with Crippen LogP contribution in [0.1, 0.15) is 5.56 Å². The minimum Gasteiger partial charge on any atom is -0.507 e. The van der Waals surface area contributed by atoms with Crippen LogP contribution in [0.5, 0.6) is 11.5 Å². The molecule has 1 rings (SSSR count). The molecule has 0 aromatic heterocycles. The average molecular weight is 219 g/mol. The molecular formula is C9H8F3NO2. The number of hydrogen-bond acceptors (Lipinski definition) is 3. The summed E-state index contributed by atoms with van der Waals surface area (Å²) in [4.78, 5) is 3.50. The molecule has 1 aromatic rings. The number of phenolic OH excluding ortho intramolecular Hbond substituents is 1. The van der Waals surface area contributed by atoms with Crippen LogP contribution < -0.4 is 4.74 Å². The number of halogens is 3. The Morgan fingerprint density at radius 3 is 2.60 bits per heavy atom. The molecule has 0 bridgehead atoms. The van der Waals surface area contributed by atoms with Crippen molar-refractivity contribution in [3.05, 3.63) is 23.5 Å². The Labute approximate surface area is 83.8 Å². The predicted octanol–water partition coefficient (Wildman–Crippen LogP) is 2.18. The van der Waals surface area contributed by atoms with Crippen molar-refractivity contribution in [2.24, 2.45) is 4.99 Å². The summed E-state index contributed by atoms with van der Waals surface area (Å²) >= 11 is 0. The van der Waals surface area contributed by atoms with Gasteiger partial charge < -0.3 is 9.84 Å². The second kappa shape index (κ2) is 4.68. The van der Waals surface area contributed by atoms with Crippen LogP contribution >= 0.6 is 0 Å². The van der Waals surface area contributed by atoms with E-state index in [0.717, 1.165) is 18.3 Å². The highest BCUT2D eigenvalue weighted by Gasteiger charge is 2.11. The lowest BCUT2D eigenvalue weighted by molar-refractivity contribution is -0.0500. The number of aliphatic imine (C=N–C) groups is 1. The Morgan fingerprint density at radius 2 is 2.13 bits per heavy atom. The highest BCUT2D eigenvalue weighted by atomic mass is 19.3. The van der Waals surface area contributed by atoms with Crippen molar-refractivity contribution in [1.82, 2.24) is 0 Å². The van der Waals surface area contributed by atoms with E-state index in [-0.39, 0.29) is 5.56 Å². The molecule has 0 atom stereocenters. The number of phenols is 1. The van der Waals surface area contributed by atoms with Gasteiger partial charge in [-0.05, 0) is 0 Å². The Kier molecular flexibility index (Phi) is 3.54. The highest BCUT2D eigenvalue weighted by Crippen LogP contribution is 2.26. The van der Waals surface area contributed by atoms with Crippen LogP contribution in [0, 0.1) is 5.82 Å². The van der Waals surface area contributed by atoms with E-state index in [1.165, 1.54) is 7.05 Å². The maximum absolute atomic E-state index is 13.2. The van der Waals surface area contributed by atoms with Gasteiger partial charge in [-0.15, -0.1) is 0 Å². The normalized spacial score (nSPS) is 11.3. The van der Waals surface area contributed by atoms with Gasteiger partial charge in [0.1, 0.15) is 17.3 Å². The first-order chi connectivity index (χ1) is 7.04. The lowest BCUT2D eigenvalue weighted by Gasteiger charge is -2.07. The molecule has 0 aliphatic rings. The molecule has 1 N–H and O–H groups in total. The van der Waals surface area contributed by atoms with E-state index in [0.29, 0.717) is 0 Å². The number of ether oxygens (including phenoxy) is 1. The standard InChI is InChI=1S/C9H8F3NO2/c1-13-4-6-7(10)2-5(3-8(6)14)15-9(11)12/h2-4,9,14H,1H3. The number of hydrogen-bond donors (Lipinski definition) is 1. The Balaban J connectivity index is 3.08. The van der Waals surface area contributed by atoms with Gasteiger partial charge in [0.15, 0.2) is 0 Å². The van der Waals surface area contributed by atoms with E-state index < -0.39 is 23.9 Å². The molecule has 0 radical (unpaired) electrons. The van der Waals surface area contributed by atoms with Crippen LogP contribution in [0.3, 0.4) is 0 Å². The van der Waals surface area contributed by atoms with E-state index >= 15 is 0 Å². The van der Waals surface area contributed by atoms with Crippen molar-refractivity contribution in [3.63, 3.8) is 0 Å². The Hall–Kier alpha value is -1.72. The van der Waals surface area contributed by atoms with Gasteiger partial charge in [-0.3, -0.25) is 4.99 Å². The van der Waals surface area contributed by atoms with Crippen molar-refractivity contribution in [2.75, 3.05) is 7.05 Å². The van der Waals surface area contributed by atoms with Gasteiger partial charge in [-0.25, -0.2) is 4.39 Å². The van der Waals surface area contributed by atoms with Gasteiger partial charge in [0.2, 0.25) is 0 Å². The van der Waals surface area contributed by atoms with Crippen molar-refractivity contribution in [3.8, 4) is 11.5 Å². The summed E-state index contributed by atoms with van der Waals surface area (Å²) in [6, 6.07) is 1.65. The second-order valence-electron chi connectivity index (χ2n) is 2.60. The van der Waals surface area contributed by atoms with Gasteiger partial charge in [0.05, 0.1) is 5.56 Å². The monoisotopic (exact) mass is 219 g/mol. The predicted molar refractivity (Wildman–Crippen MR) is 48.2 cm³/mol. The molecule has 15 heavy (non-hydrogen) atoms. The van der Waals surface area contributed by atoms with Gasteiger partial charge in [-0.2, -0.15) is 8.78 Å². The Bertz CT molecular complexity index is 357. The summed E-state index contributed by atoms with van der Waals surface area (Å²) in [5.41, 5.74) is -0.167. The first-order valence-corrected chi connectivity index (χ1v) is 3.94. The van der Waals surface area contributed by atoms with Gasteiger partial charge in [0.25, 0.3) is 0 Å². The van der Waals surface area contributed by atoms with Crippen LogP contribution in [-0.2, 0) is 0 Å². The molecule has 82 valence electrons. The largest absolute Gasteiger partial charge is 0.507 e. The summed E-state index contributed by atoms with van der Waals surface area (Å²) in [6.45, 7) is -3.06. The quantitative estimate of drug-likeness (QED) is 0.791. The first-order valence-electron chi connectivity index (χ1n) is 3.94. The third kappa shape index (κ3) is 2.87. The molecule has 0 amide bonds. The highest BCUT2D eigenvalue weighted by molar-refractivity contribution is 5.84. The van der Waals surface area contributed by atoms with E-state index in [2.05, 4.69) is 9.73 Å². The van der Waals surface area contributed by atoms with Crippen LogP contribution in [0.15, 0.2) is 17.1 Å². The van der Waals surface area contributed by atoms with E-state index in [9.17, 15) is 18.3 Å². The summed E-state index contributed by atoms with van der Waals surface area (Å²) in [5, 5.41) is 9.26. The third-order valence-electron chi connectivity index (χ3n) is 1.56. The molecule has 0 heterocycles. The van der Waals surface area contributed by atoms with Gasteiger partial charge in [-0.1, -0.05) is 0 Å². The molecule has 0 spiro atoms. The van der Waals surface area contributed by atoms with Crippen molar-refractivity contribution in [1.29, 1.82) is 0 Å². The van der Waals surface area contributed by atoms with Crippen LogP contribution in [0.4, 0.5) is 13.2 Å². The maximum atomic E-state index is 13.2. The first kappa shape index (κ1) is 11.4. The zero-order valence-electron chi connectivity index (χ0n) is 7.75. The van der Waals surface area contributed by atoms with Crippen molar-refractivity contribution < 1.29 is 23.0 Å². The van der Waals surface area contributed by atoms with Crippen molar-refractivity contribution >= 4 is 6.21 Å². The van der Waals surface area contributed by atoms with Gasteiger partial charge in [0, 0.05) is 25.4 Å². The molecule has 0 fully saturated rings. The smallest absolute Gasteiger partial charge is 0.387 e. The SMILES string of the molecule is CN=Cc1c(O)cc(OC(F)F)cc1F. The second-order valence-corrected chi connectivity index (χ2v) is 2.60. The minimum absolute atomic E-state index is 0.167. The zero-order chi connectivity index (χ0) is 11.4. The van der Waals surface area contributed by atoms with Crippen molar-refractivity contribution in [2.45, 2.75) is 6.61 Å². The lowest BCUT2D eigenvalue weighted by atomic mass is 10.2. The van der Waals surface area contributed by atoms with Crippen LogP contribution in [-0.4, -0.2) is 25.0 Å². The van der Waals surface area contributed by atoms with Crippen LogP contribution in [0.25, 0.3) is 0 Å². The number of alkyl halides is 2. The van der Waals surface area contributed by atoms with E-state index in [1.54, 1.807) is 0 Å². The molecule has 3 nitrogen and oxygen atoms in total. The molecule has 0 aliphatic heterocycles. The van der Waals surface area contributed by atoms with Gasteiger partial charge >= 0.3 is 6.61 Å². The summed E-state index contributed by atoms with van der Waals surface area (Å²) in [6.07, 6.45) is 1.08. The third-order valence-corrected chi connectivity index (χ3v) is 1.56. The molecule has 0 saturated carbocycles. The lowest BCUT2D eigenvalue weighted by Crippen LogP contribution is -2.03.